The van der Waals surface area contributed by atoms with Crippen LogP contribution in [0.5, 0.6) is 0 Å². The van der Waals surface area contributed by atoms with E-state index in [-0.39, 0.29) is 6.03 Å². The van der Waals surface area contributed by atoms with Crippen molar-refractivity contribution < 1.29 is 4.79 Å². The molecule has 1 unspecified atom stereocenters. The number of nitrogens with one attached hydrogen (secondary N) is 1. The monoisotopic (exact) mass is 259 g/mol. The summed E-state index contributed by atoms with van der Waals surface area (Å²) in [7, 11) is 0. The fraction of sp³-hybridized carbons (Fsp3) is 0.533. The van der Waals surface area contributed by atoms with Crippen LogP contribution in [-0.2, 0) is 0 Å². The number of carbonyl (C=O) groups is 1. The summed E-state index contributed by atoms with van der Waals surface area (Å²) in [6.07, 6.45) is 3.73. The lowest BCUT2D eigenvalue weighted by Crippen LogP contribution is -2.45. The minimum Gasteiger partial charge on any atom is -0.321 e. The normalized spacial score (nSPS) is 24.0. The Morgan fingerprint density at radius 3 is 2.74 bits per heavy atom. The number of urea groups is 1. The van der Waals surface area contributed by atoms with Crippen molar-refractivity contribution in [3.63, 3.8) is 0 Å². The smallest absolute Gasteiger partial charge is 0.321 e. The Hall–Kier alpha value is -1.55. The molecule has 4 nitrogen and oxygen atoms in total. The summed E-state index contributed by atoms with van der Waals surface area (Å²) in [4.78, 5) is 16.3. The first-order chi connectivity index (χ1) is 9.34. The molecule has 2 amide bonds. The molecule has 19 heavy (non-hydrogen) atoms. The van der Waals surface area contributed by atoms with Crippen LogP contribution < -0.4 is 10.2 Å². The van der Waals surface area contributed by atoms with Crippen molar-refractivity contribution in [3.8, 4) is 0 Å². The standard InChI is InChI=1S/C15H21N3O/c19-15-17(12-13-6-4-5-9-16-13)10-11-18(15)14-7-2-1-3-8-14/h1-3,7-8,13,16H,4-6,9-12H2. The maximum atomic E-state index is 12.4. The van der Waals surface area contributed by atoms with E-state index in [0.717, 1.165) is 31.9 Å². The van der Waals surface area contributed by atoms with Crippen LogP contribution in [0.3, 0.4) is 0 Å². The van der Waals surface area contributed by atoms with Crippen molar-refractivity contribution in [2.45, 2.75) is 25.3 Å². The van der Waals surface area contributed by atoms with Gasteiger partial charge in [0.1, 0.15) is 0 Å². The van der Waals surface area contributed by atoms with Gasteiger partial charge >= 0.3 is 6.03 Å². The molecule has 0 aliphatic carbocycles. The van der Waals surface area contributed by atoms with Crippen LogP contribution >= 0.6 is 0 Å². The van der Waals surface area contributed by atoms with Gasteiger partial charge in [-0.05, 0) is 31.5 Å². The van der Waals surface area contributed by atoms with Crippen LogP contribution in [0.15, 0.2) is 30.3 Å². The molecule has 0 bridgehead atoms. The van der Waals surface area contributed by atoms with Gasteiger partial charge in [0.25, 0.3) is 0 Å². The van der Waals surface area contributed by atoms with Crippen LogP contribution in [0, 0.1) is 0 Å². The minimum absolute atomic E-state index is 0.151. The molecule has 1 aromatic rings. The number of hydrogen-bond acceptors (Lipinski definition) is 2. The topological polar surface area (TPSA) is 35.6 Å². The highest BCUT2D eigenvalue weighted by atomic mass is 16.2. The van der Waals surface area contributed by atoms with Crippen molar-refractivity contribution >= 4 is 11.7 Å². The highest BCUT2D eigenvalue weighted by Crippen LogP contribution is 2.20. The number of amides is 2. The summed E-state index contributed by atoms with van der Waals surface area (Å²) in [5.74, 6) is 0. The van der Waals surface area contributed by atoms with Gasteiger partial charge in [0.2, 0.25) is 0 Å². The predicted octanol–water partition coefficient (Wildman–Crippen LogP) is 2.07. The second-order valence-electron chi connectivity index (χ2n) is 5.36. The molecule has 1 aromatic carbocycles. The average molecular weight is 259 g/mol. The fourth-order valence-corrected chi connectivity index (χ4v) is 2.95. The van der Waals surface area contributed by atoms with E-state index in [4.69, 9.17) is 0 Å². The second-order valence-corrected chi connectivity index (χ2v) is 5.36. The summed E-state index contributed by atoms with van der Waals surface area (Å²) < 4.78 is 0. The number of para-hydroxylation sites is 1. The summed E-state index contributed by atoms with van der Waals surface area (Å²) in [6, 6.07) is 10.6. The highest BCUT2D eigenvalue weighted by molar-refractivity contribution is 5.94. The largest absolute Gasteiger partial charge is 0.324 e. The van der Waals surface area contributed by atoms with Crippen molar-refractivity contribution in [2.24, 2.45) is 0 Å². The van der Waals surface area contributed by atoms with Gasteiger partial charge in [0.05, 0.1) is 0 Å². The number of hydrogen-bond donors (Lipinski definition) is 1. The third-order valence-corrected chi connectivity index (χ3v) is 4.02. The van der Waals surface area contributed by atoms with Gasteiger partial charge in [0.15, 0.2) is 0 Å². The van der Waals surface area contributed by atoms with E-state index in [9.17, 15) is 4.79 Å². The molecule has 2 heterocycles. The summed E-state index contributed by atoms with van der Waals surface area (Å²) in [5, 5.41) is 3.51. The molecule has 0 aromatic heterocycles. The zero-order chi connectivity index (χ0) is 13.1. The minimum atomic E-state index is 0.151. The lowest BCUT2D eigenvalue weighted by atomic mass is 10.0. The fourth-order valence-electron chi connectivity index (χ4n) is 2.95. The van der Waals surface area contributed by atoms with Crippen molar-refractivity contribution in [1.82, 2.24) is 10.2 Å². The van der Waals surface area contributed by atoms with Crippen molar-refractivity contribution in [1.29, 1.82) is 0 Å². The number of benzene rings is 1. The molecule has 2 fully saturated rings. The SMILES string of the molecule is O=C1N(CC2CCCCN2)CCN1c1ccccc1. The van der Waals surface area contributed by atoms with Gasteiger partial charge in [-0.1, -0.05) is 24.6 Å². The van der Waals surface area contributed by atoms with Gasteiger partial charge in [-0.15, -0.1) is 0 Å². The van der Waals surface area contributed by atoms with Gasteiger partial charge in [-0.25, -0.2) is 4.79 Å². The molecule has 2 aliphatic rings. The molecule has 2 aliphatic heterocycles. The van der Waals surface area contributed by atoms with E-state index in [0.29, 0.717) is 6.04 Å². The molecule has 3 rings (SSSR count). The maximum absolute atomic E-state index is 12.4. The van der Waals surface area contributed by atoms with E-state index in [2.05, 4.69) is 5.32 Å². The maximum Gasteiger partial charge on any atom is 0.324 e. The van der Waals surface area contributed by atoms with Crippen LogP contribution in [0.2, 0.25) is 0 Å². The van der Waals surface area contributed by atoms with Gasteiger partial charge < -0.3 is 10.2 Å². The molecular weight excluding hydrogens is 238 g/mol. The first kappa shape index (κ1) is 12.5. The average Bonchev–Trinajstić information content (AvgIpc) is 2.82. The van der Waals surface area contributed by atoms with E-state index in [1.807, 2.05) is 40.1 Å². The van der Waals surface area contributed by atoms with Gasteiger partial charge in [0, 0.05) is 31.4 Å². The first-order valence-corrected chi connectivity index (χ1v) is 7.19. The Morgan fingerprint density at radius 1 is 1.16 bits per heavy atom. The van der Waals surface area contributed by atoms with Crippen LogP contribution in [0.25, 0.3) is 0 Å². The molecular formula is C15H21N3O. The molecule has 2 saturated heterocycles. The Morgan fingerprint density at radius 2 is 2.00 bits per heavy atom. The number of carbonyl (C=O) groups excluding carboxylic acids is 1. The third kappa shape index (κ3) is 2.73. The predicted molar refractivity (Wildman–Crippen MR) is 76.4 cm³/mol. The highest BCUT2D eigenvalue weighted by Gasteiger charge is 2.31. The summed E-state index contributed by atoms with van der Waals surface area (Å²) in [5.41, 5.74) is 1.01. The molecule has 102 valence electrons. The molecule has 1 N–H and O–H groups in total. The third-order valence-electron chi connectivity index (χ3n) is 4.02. The lowest BCUT2D eigenvalue weighted by molar-refractivity contribution is 0.210. The van der Waals surface area contributed by atoms with E-state index in [1.165, 1.54) is 19.3 Å². The Balaban J connectivity index is 1.62. The van der Waals surface area contributed by atoms with Crippen molar-refractivity contribution in [2.75, 3.05) is 31.1 Å². The first-order valence-electron chi connectivity index (χ1n) is 7.19. The Bertz CT molecular complexity index is 428. The Kier molecular flexibility index (Phi) is 3.69. The Labute approximate surface area is 114 Å². The van der Waals surface area contributed by atoms with E-state index in [1.54, 1.807) is 0 Å². The molecule has 1 atom stereocenters. The van der Waals surface area contributed by atoms with Gasteiger partial charge in [-0.3, -0.25) is 4.90 Å². The zero-order valence-electron chi connectivity index (χ0n) is 11.2. The number of nitrogens with zero attached hydrogens (tertiary/aromatic N) is 2. The zero-order valence-corrected chi connectivity index (χ0v) is 11.2. The number of anilines is 1. The second kappa shape index (κ2) is 5.61. The van der Waals surface area contributed by atoms with Crippen LogP contribution in [-0.4, -0.2) is 43.2 Å². The van der Waals surface area contributed by atoms with Crippen LogP contribution in [0.4, 0.5) is 10.5 Å². The quantitative estimate of drug-likeness (QED) is 0.902. The summed E-state index contributed by atoms with van der Waals surface area (Å²) >= 11 is 0. The van der Waals surface area contributed by atoms with E-state index >= 15 is 0 Å². The molecule has 0 radical (unpaired) electrons. The summed E-state index contributed by atoms with van der Waals surface area (Å²) in [6.45, 7) is 3.58. The molecule has 0 saturated carbocycles. The number of rotatable bonds is 3. The van der Waals surface area contributed by atoms with Gasteiger partial charge in [-0.2, -0.15) is 0 Å². The van der Waals surface area contributed by atoms with Crippen molar-refractivity contribution in [3.05, 3.63) is 30.3 Å². The molecule has 0 spiro atoms. The van der Waals surface area contributed by atoms with Crippen LogP contribution in [0.1, 0.15) is 19.3 Å². The number of piperidine rings is 1. The lowest BCUT2D eigenvalue weighted by Gasteiger charge is -2.28. The molecule has 4 heteroatoms. The van der Waals surface area contributed by atoms with E-state index < -0.39 is 0 Å².